The van der Waals surface area contributed by atoms with Crippen molar-refractivity contribution in [3.8, 4) is 11.8 Å². The molecule has 0 N–H and O–H groups in total. The van der Waals surface area contributed by atoms with Gasteiger partial charge in [-0.25, -0.2) is 0 Å². The van der Waals surface area contributed by atoms with Gasteiger partial charge in [-0.15, -0.1) is 0 Å². The van der Waals surface area contributed by atoms with Crippen molar-refractivity contribution in [2.45, 2.75) is 33.2 Å². The van der Waals surface area contributed by atoms with Crippen molar-refractivity contribution in [2.24, 2.45) is 5.41 Å². The van der Waals surface area contributed by atoms with Gasteiger partial charge in [0, 0.05) is 11.8 Å². The zero-order valence-corrected chi connectivity index (χ0v) is 12.6. The van der Waals surface area contributed by atoms with Crippen LogP contribution in [0.2, 0.25) is 0 Å². The Labute approximate surface area is 124 Å². The Hall–Kier alpha value is -2.35. The third kappa shape index (κ3) is 2.17. The van der Waals surface area contributed by atoms with E-state index in [1.807, 2.05) is 13.0 Å². The molecule has 1 aromatic carbocycles. The Balaban J connectivity index is 2.53. The Kier molecular flexibility index (Phi) is 3.73. The maximum Gasteiger partial charge on any atom is 0.240 e. The highest BCUT2D eigenvalue weighted by atomic mass is 16.5. The summed E-state index contributed by atoms with van der Waals surface area (Å²) in [5.74, 6) is 0.110. The van der Waals surface area contributed by atoms with Crippen LogP contribution in [0, 0.1) is 16.7 Å². The van der Waals surface area contributed by atoms with Crippen LogP contribution in [0.4, 0.5) is 5.69 Å². The van der Waals surface area contributed by atoms with Crippen molar-refractivity contribution in [1.82, 2.24) is 0 Å². The number of amides is 1. The van der Waals surface area contributed by atoms with E-state index in [1.165, 1.54) is 12.0 Å². The number of ether oxygens (including phenoxy) is 1. The van der Waals surface area contributed by atoms with Gasteiger partial charge in [0.05, 0.1) is 18.7 Å². The summed E-state index contributed by atoms with van der Waals surface area (Å²) in [4.78, 5) is 26.5. The number of methoxy groups -OCH3 is 1. The third-order valence-electron chi connectivity index (χ3n) is 3.95. The number of ketones is 1. The summed E-state index contributed by atoms with van der Waals surface area (Å²) in [5.41, 5.74) is -0.0323. The van der Waals surface area contributed by atoms with Gasteiger partial charge in [0.1, 0.15) is 17.2 Å². The van der Waals surface area contributed by atoms with Gasteiger partial charge in [-0.3, -0.25) is 9.59 Å². The number of benzene rings is 1. The molecule has 0 bridgehead atoms. The number of hydrogen-bond donors (Lipinski definition) is 0. The highest BCUT2D eigenvalue weighted by molar-refractivity contribution is 6.22. The number of Topliss-reactive ketones (excluding diaryl/α,β-unsaturated/α-hetero) is 1. The van der Waals surface area contributed by atoms with E-state index in [4.69, 9.17) is 10.00 Å². The van der Waals surface area contributed by atoms with Crippen LogP contribution in [-0.4, -0.2) is 24.8 Å². The topological polar surface area (TPSA) is 70.4 Å². The summed E-state index contributed by atoms with van der Waals surface area (Å²) in [5, 5.41) is 9.02. The summed E-state index contributed by atoms with van der Waals surface area (Å²) in [6.07, 6.45) is 0.552. The molecule has 0 saturated carbocycles. The van der Waals surface area contributed by atoms with Crippen LogP contribution in [0.5, 0.6) is 5.75 Å². The van der Waals surface area contributed by atoms with Crippen molar-refractivity contribution in [3.63, 3.8) is 0 Å². The molecule has 1 aliphatic rings. The molecule has 1 aromatic rings. The predicted octanol–water partition coefficient (Wildman–Crippen LogP) is 2.29. The lowest BCUT2D eigenvalue weighted by Gasteiger charge is -2.23. The minimum absolute atomic E-state index is 0.0710. The first-order valence-electron chi connectivity index (χ1n) is 6.84. The van der Waals surface area contributed by atoms with E-state index in [1.54, 1.807) is 32.0 Å². The lowest BCUT2D eigenvalue weighted by atomic mass is 9.88. The van der Waals surface area contributed by atoms with E-state index in [-0.39, 0.29) is 11.7 Å². The number of anilines is 1. The fraction of sp³-hybridized carbons (Fsp3) is 0.438. The van der Waals surface area contributed by atoms with Gasteiger partial charge in [-0.2, -0.15) is 5.26 Å². The summed E-state index contributed by atoms with van der Waals surface area (Å²) in [7, 11) is 1.47. The molecule has 1 atom stereocenters. The molecule has 0 aromatic heterocycles. The number of hydrogen-bond acceptors (Lipinski definition) is 4. The lowest BCUT2D eigenvalue weighted by Crippen LogP contribution is -2.35. The van der Waals surface area contributed by atoms with Crippen LogP contribution in [0.25, 0.3) is 0 Å². The molecule has 0 radical (unpaired) electrons. The molecule has 1 fully saturated rings. The summed E-state index contributed by atoms with van der Waals surface area (Å²) < 4.78 is 5.17. The van der Waals surface area contributed by atoms with Gasteiger partial charge in [0.15, 0.2) is 5.78 Å². The van der Waals surface area contributed by atoms with Crippen LogP contribution in [0.3, 0.4) is 0 Å². The average molecular weight is 286 g/mol. The molecule has 21 heavy (non-hydrogen) atoms. The largest absolute Gasteiger partial charge is 0.495 e. The monoisotopic (exact) mass is 286 g/mol. The van der Waals surface area contributed by atoms with Crippen LogP contribution < -0.4 is 9.64 Å². The third-order valence-corrected chi connectivity index (χ3v) is 3.95. The first-order valence-corrected chi connectivity index (χ1v) is 6.84. The van der Waals surface area contributed by atoms with Gasteiger partial charge in [0.25, 0.3) is 0 Å². The second-order valence-corrected chi connectivity index (χ2v) is 5.58. The Morgan fingerprint density at radius 1 is 1.38 bits per heavy atom. The molecule has 110 valence electrons. The maximum atomic E-state index is 12.6. The molecule has 1 heterocycles. The summed E-state index contributed by atoms with van der Waals surface area (Å²) in [6.45, 7) is 5.19. The quantitative estimate of drug-likeness (QED) is 0.799. The van der Waals surface area contributed by atoms with Crippen molar-refractivity contribution in [2.75, 3.05) is 12.0 Å². The second-order valence-electron chi connectivity index (χ2n) is 5.58. The lowest BCUT2D eigenvalue weighted by molar-refractivity contribution is -0.132. The highest BCUT2D eigenvalue weighted by Crippen LogP contribution is 2.38. The molecule has 0 aliphatic carbocycles. The number of nitriles is 1. The van der Waals surface area contributed by atoms with E-state index < -0.39 is 11.5 Å². The molecule has 2 rings (SSSR count). The molecule has 1 aliphatic heterocycles. The van der Waals surface area contributed by atoms with Crippen LogP contribution in [0.15, 0.2) is 18.2 Å². The van der Waals surface area contributed by atoms with Gasteiger partial charge in [-0.1, -0.05) is 6.92 Å². The van der Waals surface area contributed by atoms with Gasteiger partial charge < -0.3 is 9.64 Å². The van der Waals surface area contributed by atoms with Gasteiger partial charge in [-0.05, 0) is 32.4 Å². The Bertz CT molecular complexity index is 643. The van der Waals surface area contributed by atoms with Gasteiger partial charge in [0.2, 0.25) is 5.91 Å². The van der Waals surface area contributed by atoms with E-state index in [9.17, 15) is 9.59 Å². The minimum atomic E-state index is -1.01. The zero-order chi connectivity index (χ0) is 15.8. The number of carbonyl (C=O) groups is 2. The average Bonchev–Trinajstić information content (AvgIpc) is 2.66. The van der Waals surface area contributed by atoms with Crippen LogP contribution in [0.1, 0.15) is 32.8 Å². The Morgan fingerprint density at radius 2 is 2.05 bits per heavy atom. The van der Waals surface area contributed by atoms with Crippen molar-refractivity contribution < 1.29 is 14.3 Å². The molecule has 1 amide bonds. The van der Waals surface area contributed by atoms with E-state index in [2.05, 4.69) is 0 Å². The summed E-state index contributed by atoms with van der Waals surface area (Å²) >= 11 is 0. The van der Waals surface area contributed by atoms with Crippen LogP contribution in [-0.2, 0) is 9.59 Å². The molecular weight excluding hydrogens is 268 g/mol. The molecular formula is C16H18N2O3. The van der Waals surface area contributed by atoms with Crippen LogP contribution >= 0.6 is 0 Å². The first-order chi connectivity index (χ1) is 9.88. The van der Waals surface area contributed by atoms with Crippen molar-refractivity contribution in [1.29, 1.82) is 5.26 Å². The zero-order valence-electron chi connectivity index (χ0n) is 12.6. The minimum Gasteiger partial charge on any atom is -0.495 e. The van der Waals surface area contributed by atoms with Crippen molar-refractivity contribution in [3.05, 3.63) is 23.8 Å². The summed E-state index contributed by atoms with van der Waals surface area (Å²) in [6, 6.07) is 6.47. The maximum absolute atomic E-state index is 12.6. The molecule has 1 unspecified atom stereocenters. The predicted molar refractivity (Wildman–Crippen MR) is 78.1 cm³/mol. The van der Waals surface area contributed by atoms with E-state index in [0.29, 0.717) is 23.4 Å². The fourth-order valence-electron chi connectivity index (χ4n) is 2.67. The molecule has 5 heteroatoms. The van der Waals surface area contributed by atoms with Gasteiger partial charge >= 0.3 is 0 Å². The van der Waals surface area contributed by atoms with E-state index in [0.717, 1.165) is 0 Å². The van der Waals surface area contributed by atoms with E-state index >= 15 is 0 Å². The standard InChI is InChI=1S/C16H18N2O3/c1-5-12-14(19)16(2,3)15(20)18(12)11-7-6-10(9-17)13(8-11)21-4/h6-8,12H,5H2,1-4H3. The first kappa shape index (κ1) is 15.0. The molecule has 1 saturated heterocycles. The number of nitrogens with zero attached hydrogens (tertiary/aromatic N) is 2. The highest BCUT2D eigenvalue weighted by Gasteiger charge is 2.52. The Morgan fingerprint density at radius 3 is 2.57 bits per heavy atom. The van der Waals surface area contributed by atoms with Crippen molar-refractivity contribution >= 4 is 17.4 Å². The normalized spacial score (nSPS) is 20.5. The SMILES string of the molecule is CCC1C(=O)C(C)(C)C(=O)N1c1ccc(C#N)c(OC)c1. The molecule has 5 nitrogen and oxygen atoms in total. The fourth-order valence-corrected chi connectivity index (χ4v) is 2.67. The number of rotatable bonds is 3. The number of carbonyl (C=O) groups excluding carboxylic acids is 2. The smallest absolute Gasteiger partial charge is 0.240 e. The second kappa shape index (κ2) is 5.21. The molecule has 0 spiro atoms.